The van der Waals surface area contributed by atoms with E-state index in [1.165, 1.54) is 0 Å². The van der Waals surface area contributed by atoms with Crippen LogP contribution in [0.5, 0.6) is 0 Å². The van der Waals surface area contributed by atoms with Gasteiger partial charge in [0.25, 0.3) is 0 Å². The summed E-state index contributed by atoms with van der Waals surface area (Å²) in [5.74, 6) is 0.483. The van der Waals surface area contributed by atoms with Gasteiger partial charge in [0.05, 0.1) is 0 Å². The second-order valence-corrected chi connectivity index (χ2v) is 2.53. The van der Waals surface area contributed by atoms with E-state index in [-0.39, 0.29) is 6.23 Å². The Labute approximate surface area is 60.8 Å². The molecule has 0 aliphatic carbocycles. The Morgan fingerprint density at radius 2 is 2.10 bits per heavy atom. The van der Waals surface area contributed by atoms with Crippen molar-refractivity contribution in [3.05, 3.63) is 10.4 Å². The summed E-state index contributed by atoms with van der Waals surface area (Å²) in [6.07, 6.45) is -0.340. The third-order valence-corrected chi connectivity index (χ3v) is 0.885. The molecule has 0 fully saturated rings. The monoisotopic (exact) mass is 143 g/mol. The van der Waals surface area contributed by atoms with Crippen molar-refractivity contribution in [3.63, 3.8) is 0 Å². The maximum atomic E-state index is 7.98. The first kappa shape index (κ1) is 9.27. The highest BCUT2D eigenvalue weighted by Crippen LogP contribution is 1.98. The maximum absolute atomic E-state index is 7.98. The van der Waals surface area contributed by atoms with Crippen LogP contribution in [0.15, 0.2) is 5.11 Å². The highest BCUT2D eigenvalue weighted by atomic mass is 16.5. The molecule has 0 N–H and O–H groups in total. The van der Waals surface area contributed by atoms with Crippen LogP contribution < -0.4 is 0 Å². The van der Waals surface area contributed by atoms with Crippen molar-refractivity contribution in [2.45, 2.75) is 27.0 Å². The molecular formula is C6H13N3O. The summed E-state index contributed by atoms with van der Waals surface area (Å²) in [6, 6.07) is 0. The molecule has 0 radical (unpaired) electrons. The van der Waals surface area contributed by atoms with E-state index in [0.717, 1.165) is 0 Å². The average molecular weight is 143 g/mol. The van der Waals surface area contributed by atoms with Crippen LogP contribution in [-0.4, -0.2) is 12.8 Å². The fraction of sp³-hybridized carbons (Fsp3) is 1.00. The van der Waals surface area contributed by atoms with E-state index in [1.807, 2.05) is 13.8 Å². The molecular weight excluding hydrogens is 130 g/mol. The smallest absolute Gasteiger partial charge is 0.133 e. The molecule has 4 heteroatoms. The molecule has 0 aromatic carbocycles. The summed E-state index contributed by atoms with van der Waals surface area (Å²) < 4.78 is 5.12. The fourth-order valence-corrected chi connectivity index (χ4v) is 0.438. The molecule has 0 amide bonds. The summed E-state index contributed by atoms with van der Waals surface area (Å²) in [4.78, 5) is 2.61. The molecule has 0 heterocycles. The zero-order valence-corrected chi connectivity index (χ0v) is 6.61. The van der Waals surface area contributed by atoms with Gasteiger partial charge in [-0.2, -0.15) is 0 Å². The Hall–Kier alpha value is -0.730. The summed E-state index contributed by atoms with van der Waals surface area (Å²) >= 11 is 0. The maximum Gasteiger partial charge on any atom is 0.133 e. The van der Waals surface area contributed by atoms with E-state index in [9.17, 15) is 0 Å². The quantitative estimate of drug-likeness (QED) is 0.338. The number of ether oxygens (including phenoxy) is 1. The first-order valence-corrected chi connectivity index (χ1v) is 3.32. The second-order valence-electron chi connectivity index (χ2n) is 2.53. The summed E-state index contributed by atoms with van der Waals surface area (Å²) in [5, 5.41) is 3.35. The van der Waals surface area contributed by atoms with Gasteiger partial charge in [-0.25, -0.2) is 0 Å². The SMILES string of the molecule is CC(C)COC(C)N=[N+]=[N-]. The summed E-state index contributed by atoms with van der Waals surface area (Å²) in [7, 11) is 0. The van der Waals surface area contributed by atoms with Crippen molar-refractivity contribution < 1.29 is 4.74 Å². The van der Waals surface area contributed by atoms with Crippen LogP contribution >= 0.6 is 0 Å². The summed E-state index contributed by atoms with van der Waals surface area (Å²) in [6.45, 7) is 6.45. The Balaban J connectivity index is 3.39. The first-order chi connectivity index (χ1) is 4.66. The molecule has 1 atom stereocenters. The van der Waals surface area contributed by atoms with Crippen molar-refractivity contribution >= 4 is 0 Å². The number of rotatable bonds is 4. The zero-order valence-electron chi connectivity index (χ0n) is 6.61. The zero-order chi connectivity index (χ0) is 7.98. The normalized spacial score (nSPS) is 12.8. The van der Waals surface area contributed by atoms with Crippen LogP contribution in [0.2, 0.25) is 0 Å². The Morgan fingerprint density at radius 3 is 2.50 bits per heavy atom. The van der Waals surface area contributed by atoms with Crippen LogP contribution in [0, 0.1) is 5.92 Å². The van der Waals surface area contributed by atoms with Gasteiger partial charge in [0, 0.05) is 11.5 Å². The molecule has 0 aromatic rings. The van der Waals surface area contributed by atoms with E-state index in [0.29, 0.717) is 12.5 Å². The Morgan fingerprint density at radius 1 is 1.50 bits per heavy atom. The topological polar surface area (TPSA) is 58.0 Å². The number of nitrogens with zero attached hydrogens (tertiary/aromatic N) is 3. The molecule has 0 rings (SSSR count). The third kappa shape index (κ3) is 5.41. The average Bonchev–Trinajstić information content (AvgIpc) is 1.85. The van der Waals surface area contributed by atoms with Gasteiger partial charge in [0.2, 0.25) is 0 Å². The lowest BCUT2D eigenvalue weighted by Gasteiger charge is -2.08. The second kappa shape index (κ2) is 5.09. The van der Waals surface area contributed by atoms with Crippen molar-refractivity contribution in [1.82, 2.24) is 0 Å². The molecule has 0 aliphatic rings. The standard InChI is InChI=1S/C6H13N3O/c1-5(2)4-10-6(3)8-9-7/h5-6H,4H2,1-3H3. The van der Waals surface area contributed by atoms with Crippen LogP contribution in [0.1, 0.15) is 20.8 Å². The fourth-order valence-electron chi connectivity index (χ4n) is 0.438. The lowest BCUT2D eigenvalue weighted by atomic mass is 10.2. The number of azide groups is 1. The van der Waals surface area contributed by atoms with Gasteiger partial charge in [-0.15, -0.1) is 0 Å². The van der Waals surface area contributed by atoms with Gasteiger partial charge in [-0.1, -0.05) is 19.0 Å². The van der Waals surface area contributed by atoms with Crippen LogP contribution in [0.25, 0.3) is 10.4 Å². The van der Waals surface area contributed by atoms with Crippen molar-refractivity contribution in [2.75, 3.05) is 6.61 Å². The van der Waals surface area contributed by atoms with Crippen LogP contribution in [-0.2, 0) is 4.74 Å². The molecule has 58 valence electrons. The van der Waals surface area contributed by atoms with E-state index >= 15 is 0 Å². The van der Waals surface area contributed by atoms with Crippen molar-refractivity contribution in [1.29, 1.82) is 0 Å². The molecule has 4 nitrogen and oxygen atoms in total. The molecule has 0 saturated carbocycles. The first-order valence-electron chi connectivity index (χ1n) is 3.32. The number of hydrogen-bond donors (Lipinski definition) is 0. The molecule has 0 aromatic heterocycles. The largest absolute Gasteiger partial charge is 0.372 e. The van der Waals surface area contributed by atoms with E-state index < -0.39 is 0 Å². The van der Waals surface area contributed by atoms with Crippen molar-refractivity contribution in [2.24, 2.45) is 11.0 Å². The minimum atomic E-state index is -0.340. The predicted octanol–water partition coefficient (Wildman–Crippen LogP) is 2.32. The summed E-state index contributed by atoms with van der Waals surface area (Å²) in [5.41, 5.74) is 7.98. The van der Waals surface area contributed by atoms with E-state index in [4.69, 9.17) is 10.3 Å². The van der Waals surface area contributed by atoms with Gasteiger partial charge in [0.15, 0.2) is 0 Å². The van der Waals surface area contributed by atoms with Gasteiger partial charge < -0.3 is 4.74 Å². The third-order valence-electron chi connectivity index (χ3n) is 0.885. The van der Waals surface area contributed by atoms with Gasteiger partial charge >= 0.3 is 0 Å². The molecule has 0 saturated heterocycles. The lowest BCUT2D eigenvalue weighted by Crippen LogP contribution is -2.09. The highest BCUT2D eigenvalue weighted by molar-refractivity contribution is 4.49. The minimum absolute atomic E-state index is 0.340. The minimum Gasteiger partial charge on any atom is -0.372 e. The molecule has 0 aliphatic heterocycles. The highest BCUT2D eigenvalue weighted by Gasteiger charge is 1.98. The predicted molar refractivity (Wildman–Crippen MR) is 39.4 cm³/mol. The molecule has 0 spiro atoms. The van der Waals surface area contributed by atoms with Gasteiger partial charge in [0.1, 0.15) is 6.23 Å². The van der Waals surface area contributed by atoms with Gasteiger partial charge in [-0.3, -0.25) is 0 Å². The lowest BCUT2D eigenvalue weighted by molar-refractivity contribution is 0.0521. The molecule has 10 heavy (non-hydrogen) atoms. The Kier molecular flexibility index (Phi) is 4.72. The molecule has 1 unspecified atom stereocenters. The molecule has 0 bridgehead atoms. The van der Waals surface area contributed by atoms with Crippen LogP contribution in [0.4, 0.5) is 0 Å². The van der Waals surface area contributed by atoms with Crippen molar-refractivity contribution in [3.8, 4) is 0 Å². The van der Waals surface area contributed by atoms with Gasteiger partial charge in [-0.05, 0) is 18.4 Å². The van der Waals surface area contributed by atoms with Crippen LogP contribution in [0.3, 0.4) is 0 Å². The van der Waals surface area contributed by atoms with E-state index in [1.54, 1.807) is 6.92 Å². The Bertz CT molecular complexity index is 129. The number of hydrogen-bond acceptors (Lipinski definition) is 2. The van der Waals surface area contributed by atoms with E-state index in [2.05, 4.69) is 10.0 Å².